The molecule has 0 saturated carbocycles. The Bertz CT molecular complexity index is 636. The monoisotopic (exact) mass is 279 g/mol. The summed E-state index contributed by atoms with van der Waals surface area (Å²) in [5.74, 6) is -0.941. The summed E-state index contributed by atoms with van der Waals surface area (Å²) in [5.41, 5.74) is 1.81. The van der Waals surface area contributed by atoms with E-state index in [0.29, 0.717) is 5.25 Å². The highest BCUT2D eigenvalue weighted by Crippen LogP contribution is 2.35. The molecule has 2 rings (SSSR count). The van der Waals surface area contributed by atoms with Crippen LogP contribution in [-0.4, -0.2) is 31.1 Å². The van der Waals surface area contributed by atoms with Crippen LogP contribution < -0.4 is 0 Å². The second-order valence-corrected chi connectivity index (χ2v) is 6.00. The number of carbonyl (C=O) groups is 1. The molecule has 2 aromatic rings. The summed E-state index contributed by atoms with van der Waals surface area (Å²) >= 11 is 1.58. The molecular formula is C13H17N3O2S. The van der Waals surface area contributed by atoms with Gasteiger partial charge in [0.15, 0.2) is 5.65 Å². The molecule has 0 bridgehead atoms. The average molecular weight is 279 g/mol. The van der Waals surface area contributed by atoms with Crippen molar-refractivity contribution in [2.75, 3.05) is 0 Å². The third-order valence-corrected chi connectivity index (χ3v) is 4.50. The van der Waals surface area contributed by atoms with Crippen LogP contribution in [0.4, 0.5) is 0 Å². The lowest BCUT2D eigenvalue weighted by molar-refractivity contribution is 0.0693. The van der Waals surface area contributed by atoms with Crippen LogP contribution in [0.1, 0.15) is 36.3 Å². The number of pyridine rings is 1. The Hall–Kier alpha value is -1.56. The molecule has 1 N–H and O–H groups in total. The molecule has 5 nitrogen and oxygen atoms in total. The summed E-state index contributed by atoms with van der Waals surface area (Å²) in [5, 5.41) is 14.9. The fourth-order valence-electron chi connectivity index (χ4n) is 1.94. The van der Waals surface area contributed by atoms with Crippen LogP contribution in [-0.2, 0) is 7.05 Å². The zero-order valence-corrected chi connectivity index (χ0v) is 12.3. The van der Waals surface area contributed by atoms with Gasteiger partial charge in [-0.1, -0.05) is 13.8 Å². The predicted molar refractivity (Wildman–Crippen MR) is 75.8 cm³/mol. The Kier molecular flexibility index (Phi) is 3.80. The second kappa shape index (κ2) is 5.21. The van der Waals surface area contributed by atoms with Gasteiger partial charge < -0.3 is 5.11 Å². The number of fused-ring (bicyclic) bond motifs is 1. The molecule has 0 aliphatic heterocycles. The fourth-order valence-corrected chi connectivity index (χ4v) is 3.13. The first kappa shape index (κ1) is 13.9. The highest BCUT2D eigenvalue weighted by molar-refractivity contribution is 8.00. The number of rotatable bonds is 4. The van der Waals surface area contributed by atoms with E-state index in [9.17, 15) is 9.90 Å². The molecule has 102 valence electrons. The number of aryl methyl sites for hydroxylation is 2. The van der Waals surface area contributed by atoms with E-state index in [1.165, 1.54) is 6.20 Å². The lowest BCUT2D eigenvalue weighted by atomic mass is 10.2. The third-order valence-electron chi connectivity index (χ3n) is 3.10. The van der Waals surface area contributed by atoms with Gasteiger partial charge in [-0.05, 0) is 13.3 Å². The van der Waals surface area contributed by atoms with E-state index in [1.807, 2.05) is 14.0 Å². The minimum atomic E-state index is -0.941. The molecule has 0 aromatic carbocycles. The van der Waals surface area contributed by atoms with Gasteiger partial charge in [0.05, 0.1) is 16.6 Å². The van der Waals surface area contributed by atoms with Crippen LogP contribution >= 0.6 is 11.8 Å². The summed E-state index contributed by atoms with van der Waals surface area (Å²) < 4.78 is 1.69. The summed E-state index contributed by atoms with van der Waals surface area (Å²) in [6, 6.07) is 0. The Balaban J connectivity index is 2.72. The third kappa shape index (κ3) is 2.45. The molecule has 6 heteroatoms. The van der Waals surface area contributed by atoms with Crippen molar-refractivity contribution in [1.29, 1.82) is 0 Å². The van der Waals surface area contributed by atoms with E-state index >= 15 is 0 Å². The second-order valence-electron chi connectivity index (χ2n) is 4.55. The number of thioether (sulfide) groups is 1. The Morgan fingerprint density at radius 1 is 1.58 bits per heavy atom. The van der Waals surface area contributed by atoms with Crippen LogP contribution in [0.5, 0.6) is 0 Å². The maximum absolute atomic E-state index is 11.4. The van der Waals surface area contributed by atoms with E-state index in [-0.39, 0.29) is 5.56 Å². The maximum atomic E-state index is 11.4. The first-order valence-electron chi connectivity index (χ1n) is 6.18. The van der Waals surface area contributed by atoms with Crippen molar-refractivity contribution in [2.24, 2.45) is 7.05 Å². The molecule has 0 amide bonds. The SMILES string of the molecule is CCC(C)Sc1c(C(=O)O)cnc2c1c(C)nn2C. The number of aromatic carboxylic acids is 1. The predicted octanol–water partition coefficient (Wildman–Crippen LogP) is 2.87. The summed E-state index contributed by atoms with van der Waals surface area (Å²) in [6.45, 7) is 6.07. The Morgan fingerprint density at radius 3 is 2.84 bits per heavy atom. The highest BCUT2D eigenvalue weighted by atomic mass is 32.2. The average Bonchev–Trinajstić information content (AvgIpc) is 2.65. The maximum Gasteiger partial charge on any atom is 0.338 e. The van der Waals surface area contributed by atoms with E-state index < -0.39 is 5.97 Å². The molecule has 2 heterocycles. The minimum Gasteiger partial charge on any atom is -0.478 e. The zero-order valence-electron chi connectivity index (χ0n) is 11.5. The number of carboxylic acids is 1. The van der Waals surface area contributed by atoms with Gasteiger partial charge in [0.2, 0.25) is 0 Å². The zero-order chi connectivity index (χ0) is 14.2. The molecule has 0 radical (unpaired) electrons. The van der Waals surface area contributed by atoms with E-state index in [1.54, 1.807) is 16.4 Å². The molecule has 0 saturated heterocycles. The fraction of sp³-hybridized carbons (Fsp3) is 0.462. The van der Waals surface area contributed by atoms with Crippen molar-refractivity contribution in [3.63, 3.8) is 0 Å². The van der Waals surface area contributed by atoms with Gasteiger partial charge in [0.25, 0.3) is 0 Å². The van der Waals surface area contributed by atoms with Gasteiger partial charge >= 0.3 is 5.97 Å². The summed E-state index contributed by atoms with van der Waals surface area (Å²) in [6.07, 6.45) is 2.41. The van der Waals surface area contributed by atoms with Crippen LogP contribution in [0.2, 0.25) is 0 Å². The molecule has 1 atom stereocenters. The molecule has 2 aromatic heterocycles. The number of hydrogen-bond donors (Lipinski definition) is 1. The van der Waals surface area contributed by atoms with E-state index in [2.05, 4.69) is 23.9 Å². The van der Waals surface area contributed by atoms with Gasteiger partial charge in [-0.2, -0.15) is 5.10 Å². The first-order valence-corrected chi connectivity index (χ1v) is 7.05. The molecule has 19 heavy (non-hydrogen) atoms. The lowest BCUT2D eigenvalue weighted by Crippen LogP contribution is -2.04. The van der Waals surface area contributed by atoms with Crippen LogP contribution in [0.3, 0.4) is 0 Å². The molecule has 0 aliphatic rings. The molecule has 0 spiro atoms. The largest absolute Gasteiger partial charge is 0.478 e. The quantitative estimate of drug-likeness (QED) is 0.872. The van der Waals surface area contributed by atoms with Crippen LogP contribution in [0.25, 0.3) is 11.0 Å². The number of carboxylic acid groups (broad SMARTS) is 1. The lowest BCUT2D eigenvalue weighted by Gasteiger charge is -2.12. The molecule has 1 unspecified atom stereocenters. The van der Waals surface area contributed by atoms with Crippen molar-refractivity contribution in [3.8, 4) is 0 Å². The number of nitrogens with zero attached hydrogens (tertiary/aromatic N) is 3. The number of aromatic nitrogens is 3. The van der Waals surface area contributed by atoms with Crippen molar-refractivity contribution in [1.82, 2.24) is 14.8 Å². The Morgan fingerprint density at radius 2 is 2.26 bits per heavy atom. The molecule has 0 fully saturated rings. The molecular weight excluding hydrogens is 262 g/mol. The summed E-state index contributed by atoms with van der Waals surface area (Å²) in [7, 11) is 1.82. The topological polar surface area (TPSA) is 68.0 Å². The van der Waals surface area contributed by atoms with E-state index in [0.717, 1.165) is 28.0 Å². The summed E-state index contributed by atoms with van der Waals surface area (Å²) in [4.78, 5) is 16.4. The van der Waals surface area contributed by atoms with Crippen LogP contribution in [0.15, 0.2) is 11.1 Å². The smallest absolute Gasteiger partial charge is 0.338 e. The molecule has 0 aliphatic carbocycles. The minimum absolute atomic E-state index is 0.258. The van der Waals surface area contributed by atoms with Gasteiger partial charge in [0, 0.05) is 23.4 Å². The van der Waals surface area contributed by atoms with Gasteiger partial charge in [-0.15, -0.1) is 11.8 Å². The van der Waals surface area contributed by atoms with Gasteiger partial charge in [0.1, 0.15) is 0 Å². The normalized spacial score (nSPS) is 12.8. The van der Waals surface area contributed by atoms with Gasteiger partial charge in [-0.25, -0.2) is 9.78 Å². The highest BCUT2D eigenvalue weighted by Gasteiger charge is 2.20. The first-order chi connectivity index (χ1) is 8.95. The van der Waals surface area contributed by atoms with Crippen molar-refractivity contribution in [2.45, 2.75) is 37.3 Å². The Labute approximate surface area is 116 Å². The standard InChI is InChI=1S/C13H17N3O2S/c1-5-7(2)19-11-9(13(17)18)6-14-12-10(11)8(3)15-16(12)4/h6-7H,5H2,1-4H3,(H,17,18). The van der Waals surface area contributed by atoms with Crippen molar-refractivity contribution >= 4 is 28.8 Å². The van der Waals surface area contributed by atoms with Crippen LogP contribution in [0, 0.1) is 6.92 Å². The van der Waals surface area contributed by atoms with E-state index in [4.69, 9.17) is 0 Å². The van der Waals surface area contributed by atoms with Crippen molar-refractivity contribution in [3.05, 3.63) is 17.5 Å². The number of hydrogen-bond acceptors (Lipinski definition) is 4. The van der Waals surface area contributed by atoms with Crippen molar-refractivity contribution < 1.29 is 9.90 Å². The van der Waals surface area contributed by atoms with Gasteiger partial charge in [-0.3, -0.25) is 4.68 Å².